The first-order valence-corrected chi connectivity index (χ1v) is 13.1. The molecule has 0 saturated heterocycles. The van der Waals surface area contributed by atoms with Crippen molar-refractivity contribution in [2.75, 3.05) is 6.26 Å². The number of hydrogen-bond donors (Lipinski definition) is 1. The second-order valence-electron chi connectivity index (χ2n) is 8.11. The molecule has 0 amide bonds. The van der Waals surface area contributed by atoms with Gasteiger partial charge in [-0.25, -0.2) is 13.1 Å². The zero-order valence-electron chi connectivity index (χ0n) is 18.1. The molecule has 0 fully saturated rings. The van der Waals surface area contributed by atoms with Crippen molar-refractivity contribution >= 4 is 21.4 Å². The molecular formula is C23H24N4O3S2. The quantitative estimate of drug-likeness (QED) is 0.573. The van der Waals surface area contributed by atoms with Gasteiger partial charge in [0, 0.05) is 17.2 Å². The van der Waals surface area contributed by atoms with Crippen LogP contribution >= 0.6 is 11.3 Å². The zero-order chi connectivity index (χ0) is 22.9. The van der Waals surface area contributed by atoms with Gasteiger partial charge in [0.15, 0.2) is 0 Å². The molecule has 0 saturated carbocycles. The van der Waals surface area contributed by atoms with Crippen LogP contribution in [0.4, 0.5) is 0 Å². The highest BCUT2D eigenvalue weighted by Gasteiger charge is 2.26. The molecule has 1 aliphatic carbocycles. The van der Waals surface area contributed by atoms with E-state index in [1.807, 2.05) is 38.1 Å². The van der Waals surface area contributed by atoms with Gasteiger partial charge >= 0.3 is 0 Å². The summed E-state index contributed by atoms with van der Waals surface area (Å²) in [6, 6.07) is 13.3. The van der Waals surface area contributed by atoms with Gasteiger partial charge in [-0.15, -0.1) is 10.2 Å². The van der Waals surface area contributed by atoms with Gasteiger partial charge < -0.3 is 4.74 Å². The van der Waals surface area contributed by atoms with E-state index in [9.17, 15) is 13.7 Å². The Bertz CT molecular complexity index is 1290. The van der Waals surface area contributed by atoms with Gasteiger partial charge in [-0.2, -0.15) is 5.26 Å². The highest BCUT2D eigenvalue weighted by Crippen LogP contribution is 2.39. The lowest BCUT2D eigenvalue weighted by molar-refractivity contribution is 0.242. The summed E-state index contributed by atoms with van der Waals surface area (Å²) < 4.78 is 32.0. The van der Waals surface area contributed by atoms with Crippen molar-refractivity contribution in [3.63, 3.8) is 0 Å². The molecule has 3 aromatic rings. The summed E-state index contributed by atoms with van der Waals surface area (Å²) in [5, 5.41) is 19.8. The Morgan fingerprint density at radius 2 is 2.00 bits per heavy atom. The number of rotatable bonds is 6. The standard InChI is InChI=1S/C23H24N4O3S2/c1-14(2)30-21-11-10-15(12-16(21)13-24)22-25-26-23(31-22)19-8-4-7-18-17(19)6-5-9-20(18)27-32(3,28)29/h4,7-8,10-12,14,20,27H,5-6,9H2,1-3H3. The number of sulfonamides is 1. The molecule has 1 atom stereocenters. The van der Waals surface area contributed by atoms with Crippen molar-refractivity contribution < 1.29 is 13.2 Å². The minimum Gasteiger partial charge on any atom is -0.490 e. The Labute approximate surface area is 192 Å². The molecule has 0 radical (unpaired) electrons. The number of nitrogens with zero attached hydrogens (tertiary/aromatic N) is 3. The predicted octanol–water partition coefficient (Wildman–Crippen LogP) is 4.46. The second-order valence-corrected chi connectivity index (χ2v) is 10.9. The van der Waals surface area contributed by atoms with Gasteiger partial charge in [0.2, 0.25) is 10.0 Å². The molecule has 4 rings (SSSR count). The summed E-state index contributed by atoms with van der Waals surface area (Å²) in [4.78, 5) is 0. The molecule has 1 unspecified atom stereocenters. The van der Waals surface area contributed by atoms with Gasteiger partial charge in [-0.3, -0.25) is 0 Å². The van der Waals surface area contributed by atoms with Crippen LogP contribution in [0.5, 0.6) is 5.75 Å². The van der Waals surface area contributed by atoms with Crippen LogP contribution < -0.4 is 9.46 Å². The molecule has 32 heavy (non-hydrogen) atoms. The summed E-state index contributed by atoms with van der Waals surface area (Å²) in [6.07, 6.45) is 3.70. The van der Waals surface area contributed by atoms with Crippen LogP contribution in [0.2, 0.25) is 0 Å². The van der Waals surface area contributed by atoms with Crippen LogP contribution in [-0.4, -0.2) is 31.0 Å². The monoisotopic (exact) mass is 468 g/mol. The molecular weight excluding hydrogens is 444 g/mol. The normalized spacial score (nSPS) is 15.9. The number of ether oxygens (including phenoxy) is 1. The summed E-state index contributed by atoms with van der Waals surface area (Å²) in [6.45, 7) is 3.84. The molecule has 0 spiro atoms. The van der Waals surface area contributed by atoms with Gasteiger partial charge in [0.25, 0.3) is 0 Å². The Balaban J connectivity index is 1.68. The van der Waals surface area contributed by atoms with Crippen LogP contribution in [0.3, 0.4) is 0 Å². The maximum Gasteiger partial charge on any atom is 0.209 e. The number of hydrogen-bond acceptors (Lipinski definition) is 7. The summed E-state index contributed by atoms with van der Waals surface area (Å²) >= 11 is 1.45. The SMILES string of the molecule is CC(C)Oc1ccc(-c2nnc(-c3cccc4c3CCCC4NS(C)(=O)=O)s2)cc1C#N. The summed E-state index contributed by atoms with van der Waals surface area (Å²) in [7, 11) is -3.31. The molecule has 1 aromatic heterocycles. The number of benzene rings is 2. The molecule has 1 aliphatic rings. The van der Waals surface area contributed by atoms with Crippen molar-refractivity contribution in [1.82, 2.24) is 14.9 Å². The smallest absolute Gasteiger partial charge is 0.209 e. The number of aromatic nitrogens is 2. The Morgan fingerprint density at radius 1 is 1.22 bits per heavy atom. The fraction of sp³-hybridized carbons (Fsp3) is 0.348. The molecule has 166 valence electrons. The molecule has 0 aliphatic heterocycles. The van der Waals surface area contributed by atoms with E-state index in [1.54, 1.807) is 12.1 Å². The fourth-order valence-corrected chi connectivity index (χ4v) is 5.64. The second kappa shape index (κ2) is 8.98. The van der Waals surface area contributed by atoms with E-state index in [2.05, 4.69) is 21.0 Å². The summed E-state index contributed by atoms with van der Waals surface area (Å²) in [5.41, 5.74) is 4.35. The van der Waals surface area contributed by atoms with Crippen LogP contribution in [0.15, 0.2) is 36.4 Å². The van der Waals surface area contributed by atoms with E-state index < -0.39 is 10.0 Å². The van der Waals surface area contributed by atoms with E-state index in [-0.39, 0.29) is 12.1 Å². The largest absolute Gasteiger partial charge is 0.490 e. The minimum atomic E-state index is -3.31. The van der Waals surface area contributed by atoms with E-state index in [1.165, 1.54) is 17.6 Å². The average Bonchev–Trinajstić information content (AvgIpc) is 3.22. The number of nitrogens with one attached hydrogen (secondary N) is 1. The van der Waals surface area contributed by atoms with Crippen molar-refractivity contribution in [3.8, 4) is 33.0 Å². The van der Waals surface area contributed by atoms with Gasteiger partial charge in [-0.05, 0) is 62.4 Å². The van der Waals surface area contributed by atoms with Crippen molar-refractivity contribution in [1.29, 1.82) is 5.26 Å². The van der Waals surface area contributed by atoms with Crippen molar-refractivity contribution in [2.45, 2.75) is 45.3 Å². The third-order valence-corrected chi connectivity index (χ3v) is 6.95. The Kier molecular flexibility index (Phi) is 6.29. The fourth-order valence-electron chi connectivity index (χ4n) is 3.99. The van der Waals surface area contributed by atoms with Crippen LogP contribution in [0, 0.1) is 11.3 Å². The van der Waals surface area contributed by atoms with Gasteiger partial charge in [0.1, 0.15) is 21.8 Å². The first kappa shape index (κ1) is 22.4. The van der Waals surface area contributed by atoms with E-state index >= 15 is 0 Å². The lowest BCUT2D eigenvalue weighted by Gasteiger charge is -2.27. The first-order valence-electron chi connectivity index (χ1n) is 10.4. The highest BCUT2D eigenvalue weighted by atomic mass is 32.2. The molecule has 9 heteroatoms. The zero-order valence-corrected chi connectivity index (χ0v) is 19.8. The maximum absolute atomic E-state index is 11.8. The Morgan fingerprint density at radius 3 is 2.72 bits per heavy atom. The average molecular weight is 469 g/mol. The van der Waals surface area contributed by atoms with Gasteiger partial charge in [0.05, 0.1) is 17.9 Å². The van der Waals surface area contributed by atoms with Crippen LogP contribution in [0.1, 0.15) is 49.4 Å². The van der Waals surface area contributed by atoms with Crippen LogP contribution in [0.25, 0.3) is 21.1 Å². The number of nitriles is 1. The van der Waals surface area contributed by atoms with E-state index in [0.717, 1.165) is 46.5 Å². The number of fused-ring (bicyclic) bond motifs is 1. The summed E-state index contributed by atoms with van der Waals surface area (Å²) in [5.74, 6) is 0.553. The third kappa shape index (κ3) is 4.83. The molecule has 1 N–H and O–H groups in total. The lowest BCUT2D eigenvalue weighted by atomic mass is 9.85. The maximum atomic E-state index is 11.8. The third-order valence-electron chi connectivity index (χ3n) is 5.23. The molecule has 0 bridgehead atoms. The topological polar surface area (TPSA) is 105 Å². The molecule has 7 nitrogen and oxygen atoms in total. The van der Waals surface area contributed by atoms with E-state index in [0.29, 0.717) is 16.3 Å². The lowest BCUT2D eigenvalue weighted by Crippen LogP contribution is -2.30. The van der Waals surface area contributed by atoms with Crippen molar-refractivity contribution in [2.24, 2.45) is 0 Å². The van der Waals surface area contributed by atoms with Crippen LogP contribution in [-0.2, 0) is 16.4 Å². The molecule has 2 aromatic carbocycles. The first-order chi connectivity index (χ1) is 15.2. The van der Waals surface area contributed by atoms with Crippen molar-refractivity contribution in [3.05, 3.63) is 53.1 Å². The van der Waals surface area contributed by atoms with E-state index in [4.69, 9.17) is 4.74 Å². The minimum absolute atomic E-state index is 0.0219. The highest BCUT2D eigenvalue weighted by molar-refractivity contribution is 7.88. The Hall–Kier alpha value is -2.80. The predicted molar refractivity (Wildman–Crippen MR) is 125 cm³/mol. The van der Waals surface area contributed by atoms with Gasteiger partial charge in [-0.1, -0.05) is 29.5 Å². The molecule has 1 heterocycles.